The van der Waals surface area contributed by atoms with Crippen LogP contribution in [-0.2, 0) is 16.1 Å². The molecule has 0 spiro atoms. The van der Waals surface area contributed by atoms with Crippen LogP contribution in [0.2, 0.25) is 14.4 Å². The van der Waals surface area contributed by atoms with Crippen LogP contribution in [0.25, 0.3) is 0 Å². The third kappa shape index (κ3) is 1.99. The van der Waals surface area contributed by atoms with Crippen molar-refractivity contribution in [2.24, 2.45) is 0 Å². The van der Waals surface area contributed by atoms with Gasteiger partial charge in [-0.1, -0.05) is 0 Å². The predicted molar refractivity (Wildman–Crippen MR) is 57.9 cm³/mol. The number of rotatable bonds is 4. The Morgan fingerprint density at radius 1 is 1.15 bits per heavy atom. The summed E-state index contributed by atoms with van der Waals surface area (Å²) in [5.74, 6) is 0. The molecule has 1 rings (SSSR count). The first kappa shape index (κ1) is 11.2. The van der Waals surface area contributed by atoms with Crippen molar-refractivity contribution in [3.63, 3.8) is 0 Å². The Morgan fingerprint density at radius 2 is 1.69 bits per heavy atom. The summed E-state index contributed by atoms with van der Waals surface area (Å²) < 4.78 is 1.88. The monoisotopic (exact) mass is 361 g/mol. The van der Waals surface area contributed by atoms with Crippen molar-refractivity contribution in [2.45, 2.75) is 48.5 Å². The van der Waals surface area contributed by atoms with Gasteiger partial charge in [0, 0.05) is 0 Å². The van der Waals surface area contributed by atoms with Crippen molar-refractivity contribution < 1.29 is 16.1 Å². The zero-order valence-corrected chi connectivity index (χ0v) is 11.6. The molecule has 1 aliphatic rings. The quantitative estimate of drug-likeness (QED) is 0.682. The average molecular weight is 361 g/mol. The molecule has 1 aliphatic carbocycles. The maximum absolute atomic E-state index is 2.41. The molecule has 0 nitrogen and oxygen atoms in total. The van der Waals surface area contributed by atoms with Crippen molar-refractivity contribution in [3.8, 4) is 0 Å². The molecule has 0 heterocycles. The fraction of sp³-hybridized carbons (Fsp3) is 0.667. The normalized spacial score (nSPS) is 18.5. The van der Waals surface area contributed by atoms with Crippen molar-refractivity contribution in [3.05, 3.63) is 21.7 Å². The summed E-state index contributed by atoms with van der Waals surface area (Å²) in [4.78, 5) is 4.40. The summed E-state index contributed by atoms with van der Waals surface area (Å²) in [6.07, 6.45) is 5.96. The van der Waals surface area contributed by atoms with Gasteiger partial charge in [0.2, 0.25) is 0 Å². The number of allylic oxidation sites excluding steroid dienone is 4. The van der Waals surface area contributed by atoms with Crippen LogP contribution in [0.1, 0.15) is 34.1 Å². The van der Waals surface area contributed by atoms with Gasteiger partial charge in [0.05, 0.1) is 0 Å². The van der Waals surface area contributed by atoms with E-state index in [4.69, 9.17) is 0 Å². The van der Waals surface area contributed by atoms with Crippen molar-refractivity contribution in [1.29, 1.82) is 0 Å². The van der Waals surface area contributed by atoms with E-state index in [1.165, 1.54) is 20.9 Å². The Hall–Kier alpha value is 0.168. The molecule has 13 heavy (non-hydrogen) atoms. The molecule has 0 amide bonds. The van der Waals surface area contributed by atoms with Crippen molar-refractivity contribution in [2.75, 3.05) is 0 Å². The van der Waals surface area contributed by atoms with Crippen LogP contribution in [-0.4, -0.2) is 0 Å². The van der Waals surface area contributed by atoms with Crippen molar-refractivity contribution in [1.82, 2.24) is 0 Å². The van der Waals surface area contributed by atoms with Crippen LogP contribution < -0.4 is 0 Å². The van der Waals surface area contributed by atoms with Gasteiger partial charge in [0.15, 0.2) is 0 Å². The molecule has 0 fully saturated rings. The molecule has 0 saturated carbocycles. The standard InChI is InChI=1S/C6H7.3C2H5.Pt/c1-6-4-2-3-5-6;3*1-2;/h2,4H,3H2,1H3;3*1H2,2H3;. The summed E-state index contributed by atoms with van der Waals surface area (Å²) in [5, 5.41) is 0. The van der Waals surface area contributed by atoms with Crippen LogP contribution >= 0.6 is 0 Å². The Balaban J connectivity index is 2.95. The summed E-state index contributed by atoms with van der Waals surface area (Å²) in [7, 11) is 0. The Labute approximate surface area is 86.3 Å². The number of hydrogen-bond donors (Lipinski definition) is 0. The zero-order chi connectivity index (χ0) is 9.90. The van der Waals surface area contributed by atoms with Crippen molar-refractivity contribution >= 4 is 0 Å². The molecule has 80 valence electrons. The first-order valence-electron chi connectivity index (χ1n) is 5.08. The summed E-state index contributed by atoms with van der Waals surface area (Å²) >= 11 is -1.49. The molecule has 0 aromatic heterocycles. The molecule has 0 N–H and O–H groups in total. The van der Waals surface area contributed by atoms with E-state index in [0.717, 1.165) is 0 Å². The first-order chi connectivity index (χ1) is 6.20. The molecule has 1 heteroatoms. The third-order valence-corrected chi connectivity index (χ3v) is 16.2. The Bertz CT molecular complexity index is 223. The average Bonchev–Trinajstić information content (AvgIpc) is 2.57. The van der Waals surface area contributed by atoms with E-state index >= 15 is 0 Å². The third-order valence-electron chi connectivity index (χ3n) is 2.74. The molecular formula is C12H22Pt. The van der Waals surface area contributed by atoms with Crippen LogP contribution in [0.3, 0.4) is 0 Å². The van der Waals surface area contributed by atoms with E-state index in [0.29, 0.717) is 0 Å². The molecule has 0 bridgehead atoms. The van der Waals surface area contributed by atoms with Crippen LogP contribution in [0.15, 0.2) is 21.7 Å². The molecule has 0 aromatic carbocycles. The predicted octanol–water partition coefficient (Wildman–Crippen LogP) is 4.69. The molecule has 0 radical (unpaired) electrons. The topological polar surface area (TPSA) is 0 Å². The second-order valence-electron chi connectivity index (χ2n) is 3.14. The van der Waals surface area contributed by atoms with Gasteiger partial charge < -0.3 is 0 Å². The van der Waals surface area contributed by atoms with E-state index < -0.39 is 16.1 Å². The maximum atomic E-state index is 2.41. The number of hydrogen-bond acceptors (Lipinski definition) is 0. The van der Waals surface area contributed by atoms with E-state index in [-0.39, 0.29) is 0 Å². The van der Waals surface area contributed by atoms with Gasteiger partial charge in [-0.05, 0) is 0 Å². The molecular weight excluding hydrogens is 339 g/mol. The second-order valence-corrected chi connectivity index (χ2v) is 15.1. The van der Waals surface area contributed by atoms with Gasteiger partial charge >= 0.3 is 86.3 Å². The minimum absolute atomic E-state index is 1.28. The summed E-state index contributed by atoms with van der Waals surface area (Å²) in [6, 6.07) is 0. The van der Waals surface area contributed by atoms with Gasteiger partial charge in [-0.25, -0.2) is 0 Å². The van der Waals surface area contributed by atoms with Crippen LogP contribution in [0, 0.1) is 0 Å². The van der Waals surface area contributed by atoms with E-state index in [9.17, 15) is 0 Å². The zero-order valence-electron chi connectivity index (χ0n) is 9.30. The van der Waals surface area contributed by atoms with Crippen LogP contribution in [0.4, 0.5) is 0 Å². The summed E-state index contributed by atoms with van der Waals surface area (Å²) in [6.45, 7) is 9.52. The van der Waals surface area contributed by atoms with E-state index in [1.54, 1.807) is 5.57 Å². The minimum atomic E-state index is -1.49. The second kappa shape index (κ2) is 4.60. The van der Waals surface area contributed by atoms with E-state index in [1.807, 2.05) is 3.96 Å². The van der Waals surface area contributed by atoms with Gasteiger partial charge in [0.25, 0.3) is 0 Å². The fourth-order valence-electron chi connectivity index (χ4n) is 1.86. The molecule has 0 saturated heterocycles. The Kier molecular flexibility index (Phi) is 3.98. The summed E-state index contributed by atoms with van der Waals surface area (Å²) in [5.41, 5.74) is 1.60. The molecule has 0 aliphatic heterocycles. The molecule has 0 atom stereocenters. The fourth-order valence-corrected chi connectivity index (χ4v) is 11.5. The van der Waals surface area contributed by atoms with Gasteiger partial charge in [-0.3, -0.25) is 0 Å². The molecule has 0 aromatic rings. The molecule has 0 unspecified atom stereocenters. The first-order valence-corrected chi connectivity index (χ1v) is 11.0. The Morgan fingerprint density at radius 3 is 2.00 bits per heavy atom. The van der Waals surface area contributed by atoms with Crippen LogP contribution in [0.5, 0.6) is 0 Å². The SMILES string of the molecule is C[CH2][Pt]([CH2]C)([CH2]C)[C]1=C(C)C=CC1. The van der Waals surface area contributed by atoms with E-state index in [2.05, 4.69) is 39.8 Å². The van der Waals surface area contributed by atoms with Gasteiger partial charge in [-0.2, -0.15) is 0 Å². The van der Waals surface area contributed by atoms with Gasteiger partial charge in [0.1, 0.15) is 0 Å². The van der Waals surface area contributed by atoms with Gasteiger partial charge in [-0.15, -0.1) is 0 Å².